The van der Waals surface area contributed by atoms with E-state index in [2.05, 4.69) is 0 Å². The van der Waals surface area contributed by atoms with Crippen LogP contribution in [0.3, 0.4) is 0 Å². The summed E-state index contributed by atoms with van der Waals surface area (Å²) >= 11 is 5.72. The van der Waals surface area contributed by atoms with Gasteiger partial charge < -0.3 is 10.8 Å². The minimum atomic E-state index is -0.711. The Morgan fingerprint density at radius 1 is 1.62 bits per heavy atom. The van der Waals surface area contributed by atoms with Gasteiger partial charge in [0.15, 0.2) is 0 Å². The Balaban J connectivity index is 3.20. The van der Waals surface area contributed by atoms with E-state index >= 15 is 0 Å². The van der Waals surface area contributed by atoms with E-state index in [0.717, 1.165) is 0 Å². The molecule has 13 heavy (non-hydrogen) atoms. The predicted octanol–water partition coefficient (Wildman–Crippen LogP) is 1.78. The van der Waals surface area contributed by atoms with Crippen LogP contribution in [0.5, 0.6) is 0 Å². The summed E-state index contributed by atoms with van der Waals surface area (Å²) in [5.41, 5.74) is 6.18. The predicted molar refractivity (Wildman–Crippen MR) is 50.2 cm³/mol. The summed E-state index contributed by atoms with van der Waals surface area (Å²) in [6.07, 6.45) is 0. The average Bonchev–Trinajstić information content (AvgIpc) is 2.10. The van der Waals surface area contributed by atoms with E-state index in [4.69, 9.17) is 22.4 Å². The van der Waals surface area contributed by atoms with E-state index in [1.54, 1.807) is 6.92 Å². The normalized spacial score (nSPS) is 13.0. The monoisotopic (exact) mass is 203 g/mol. The fourth-order valence-corrected chi connectivity index (χ4v) is 1.40. The van der Waals surface area contributed by atoms with Crippen LogP contribution in [0.15, 0.2) is 12.1 Å². The number of aliphatic hydroxyl groups excluding tert-OH is 1. The van der Waals surface area contributed by atoms with E-state index in [-0.39, 0.29) is 12.2 Å². The largest absolute Gasteiger partial charge is 0.394 e. The molecule has 72 valence electrons. The molecule has 0 aliphatic rings. The second-order valence-electron chi connectivity index (χ2n) is 2.91. The molecule has 1 atom stereocenters. The van der Waals surface area contributed by atoms with Gasteiger partial charge in [-0.3, -0.25) is 0 Å². The molecule has 1 aromatic rings. The molecule has 0 aliphatic heterocycles. The molecule has 0 heterocycles. The number of hydrogen-bond donors (Lipinski definition) is 2. The Bertz CT molecular complexity index is 317. The molecule has 1 unspecified atom stereocenters. The molecule has 1 rings (SSSR count). The van der Waals surface area contributed by atoms with Crippen LogP contribution in [-0.4, -0.2) is 11.7 Å². The highest BCUT2D eigenvalue weighted by Gasteiger charge is 2.13. The number of aryl methyl sites for hydroxylation is 1. The van der Waals surface area contributed by atoms with Crippen LogP contribution in [0.25, 0.3) is 0 Å². The lowest BCUT2D eigenvalue weighted by atomic mass is 10.0. The first-order valence-electron chi connectivity index (χ1n) is 3.88. The minimum absolute atomic E-state index is 0.257. The zero-order valence-electron chi connectivity index (χ0n) is 7.22. The summed E-state index contributed by atoms with van der Waals surface area (Å²) in [5.74, 6) is -0.397. The molecular weight excluding hydrogens is 193 g/mol. The number of aliphatic hydroxyl groups is 1. The molecule has 0 saturated heterocycles. The lowest BCUT2D eigenvalue weighted by Gasteiger charge is -2.11. The van der Waals surface area contributed by atoms with Crippen molar-refractivity contribution in [1.82, 2.24) is 0 Å². The van der Waals surface area contributed by atoms with E-state index in [1.165, 1.54) is 12.1 Å². The summed E-state index contributed by atoms with van der Waals surface area (Å²) < 4.78 is 13.4. The van der Waals surface area contributed by atoms with E-state index in [1.807, 2.05) is 0 Å². The molecule has 0 amide bonds. The number of hydrogen-bond acceptors (Lipinski definition) is 2. The van der Waals surface area contributed by atoms with Gasteiger partial charge in [-0.15, -0.1) is 0 Å². The Hall–Kier alpha value is -0.640. The first kappa shape index (κ1) is 10.4. The summed E-state index contributed by atoms with van der Waals surface area (Å²) in [5, 5.41) is 9.19. The van der Waals surface area contributed by atoms with E-state index < -0.39 is 11.9 Å². The van der Waals surface area contributed by atoms with E-state index in [9.17, 15) is 4.39 Å². The number of benzene rings is 1. The minimum Gasteiger partial charge on any atom is -0.394 e. The van der Waals surface area contributed by atoms with Crippen LogP contribution in [0.2, 0.25) is 5.02 Å². The summed E-state index contributed by atoms with van der Waals surface area (Å²) in [7, 11) is 0. The zero-order valence-corrected chi connectivity index (χ0v) is 7.98. The maximum absolute atomic E-state index is 13.4. The van der Waals surface area contributed by atoms with Gasteiger partial charge in [-0.1, -0.05) is 11.6 Å². The molecule has 4 heteroatoms. The highest BCUT2D eigenvalue weighted by molar-refractivity contribution is 6.30. The van der Waals surface area contributed by atoms with Crippen molar-refractivity contribution in [3.05, 3.63) is 34.1 Å². The maximum Gasteiger partial charge on any atom is 0.131 e. The Labute approximate surface area is 81.1 Å². The van der Waals surface area contributed by atoms with Gasteiger partial charge in [0.25, 0.3) is 0 Å². The number of halogens is 2. The summed E-state index contributed by atoms with van der Waals surface area (Å²) in [6.45, 7) is 1.31. The van der Waals surface area contributed by atoms with Gasteiger partial charge in [0, 0.05) is 10.6 Å². The molecule has 3 N–H and O–H groups in total. The third kappa shape index (κ3) is 2.18. The van der Waals surface area contributed by atoms with Crippen molar-refractivity contribution in [1.29, 1.82) is 0 Å². The third-order valence-corrected chi connectivity index (χ3v) is 2.06. The van der Waals surface area contributed by atoms with Gasteiger partial charge >= 0.3 is 0 Å². The van der Waals surface area contributed by atoms with Gasteiger partial charge in [0.1, 0.15) is 5.82 Å². The molecule has 1 aromatic carbocycles. The average molecular weight is 204 g/mol. The van der Waals surface area contributed by atoms with Crippen molar-refractivity contribution in [3.8, 4) is 0 Å². The SMILES string of the molecule is Cc1cc(Cl)cc(C(N)CO)c1F. The van der Waals surface area contributed by atoms with Crippen molar-refractivity contribution in [2.75, 3.05) is 6.61 Å². The molecule has 0 aliphatic carbocycles. The molecule has 0 spiro atoms. The second-order valence-corrected chi connectivity index (χ2v) is 3.35. The van der Waals surface area contributed by atoms with Gasteiger partial charge in [-0.05, 0) is 24.6 Å². The number of nitrogens with two attached hydrogens (primary N) is 1. The van der Waals surface area contributed by atoms with Gasteiger partial charge in [-0.2, -0.15) is 0 Å². The first-order valence-corrected chi connectivity index (χ1v) is 4.26. The van der Waals surface area contributed by atoms with Crippen molar-refractivity contribution >= 4 is 11.6 Å². The summed E-state index contributed by atoms with van der Waals surface area (Å²) in [6, 6.07) is 2.24. The molecule has 0 fully saturated rings. The Morgan fingerprint density at radius 2 is 2.23 bits per heavy atom. The van der Waals surface area contributed by atoms with Crippen LogP contribution >= 0.6 is 11.6 Å². The zero-order chi connectivity index (χ0) is 10.0. The lowest BCUT2D eigenvalue weighted by molar-refractivity contribution is 0.265. The molecule has 0 bridgehead atoms. The molecular formula is C9H11ClFNO. The van der Waals surface area contributed by atoms with Crippen LogP contribution in [-0.2, 0) is 0 Å². The topological polar surface area (TPSA) is 46.2 Å². The second kappa shape index (κ2) is 4.05. The van der Waals surface area contributed by atoms with E-state index in [0.29, 0.717) is 10.6 Å². The Morgan fingerprint density at radius 3 is 2.77 bits per heavy atom. The fraction of sp³-hybridized carbons (Fsp3) is 0.333. The van der Waals surface area contributed by atoms with Crippen molar-refractivity contribution in [2.45, 2.75) is 13.0 Å². The smallest absolute Gasteiger partial charge is 0.131 e. The lowest BCUT2D eigenvalue weighted by Crippen LogP contribution is -2.16. The van der Waals surface area contributed by atoms with Crippen molar-refractivity contribution in [2.24, 2.45) is 5.73 Å². The molecule has 2 nitrogen and oxygen atoms in total. The van der Waals surface area contributed by atoms with Crippen molar-refractivity contribution in [3.63, 3.8) is 0 Å². The van der Waals surface area contributed by atoms with Crippen LogP contribution in [0.4, 0.5) is 4.39 Å². The fourth-order valence-electron chi connectivity index (χ4n) is 1.12. The standard InChI is InChI=1S/C9H11ClFNO/c1-5-2-6(10)3-7(9(5)11)8(12)4-13/h2-3,8,13H,4,12H2,1H3. The maximum atomic E-state index is 13.4. The third-order valence-electron chi connectivity index (χ3n) is 1.84. The van der Waals surface area contributed by atoms with Crippen molar-refractivity contribution < 1.29 is 9.50 Å². The van der Waals surface area contributed by atoms with Gasteiger partial charge in [-0.25, -0.2) is 4.39 Å². The Kier molecular flexibility index (Phi) is 3.25. The summed E-state index contributed by atoms with van der Waals surface area (Å²) in [4.78, 5) is 0. The molecule has 0 aromatic heterocycles. The van der Waals surface area contributed by atoms with Crippen LogP contribution < -0.4 is 5.73 Å². The first-order chi connectivity index (χ1) is 6.06. The van der Waals surface area contributed by atoms with Crippen LogP contribution in [0.1, 0.15) is 17.2 Å². The quantitative estimate of drug-likeness (QED) is 0.770. The van der Waals surface area contributed by atoms with Gasteiger partial charge in [0.2, 0.25) is 0 Å². The molecule has 0 saturated carbocycles. The molecule has 0 radical (unpaired) electrons. The highest BCUT2D eigenvalue weighted by atomic mass is 35.5. The van der Waals surface area contributed by atoms with Gasteiger partial charge in [0.05, 0.1) is 12.6 Å². The highest BCUT2D eigenvalue weighted by Crippen LogP contribution is 2.22. The number of rotatable bonds is 2. The van der Waals surface area contributed by atoms with Crippen LogP contribution in [0, 0.1) is 12.7 Å².